The Balaban J connectivity index is 1.89. The maximum atomic E-state index is 5.34. The predicted octanol–water partition coefficient (Wildman–Crippen LogP) is 3.44. The smallest absolute Gasteiger partial charge is 0.0491 e. The van der Waals surface area contributed by atoms with Crippen LogP contribution in [0.5, 0.6) is 0 Å². The average molecular weight is 296 g/mol. The lowest BCUT2D eigenvalue weighted by atomic mass is 9.88. The van der Waals surface area contributed by atoms with Crippen LogP contribution in [-0.2, 0) is 4.74 Å². The highest BCUT2D eigenvalue weighted by molar-refractivity contribution is 4.88. The largest absolute Gasteiger partial charge is 0.384 e. The summed E-state index contributed by atoms with van der Waals surface area (Å²) in [5.41, 5.74) is 0. The Labute approximate surface area is 131 Å². The van der Waals surface area contributed by atoms with Gasteiger partial charge in [0.2, 0.25) is 0 Å². The quantitative estimate of drug-likeness (QED) is 0.812. The molecule has 0 bridgehead atoms. The Morgan fingerprint density at radius 2 is 1.71 bits per heavy atom. The molecule has 0 radical (unpaired) electrons. The Morgan fingerprint density at radius 1 is 1.00 bits per heavy atom. The first-order valence-corrected chi connectivity index (χ1v) is 9.31. The third-order valence-corrected chi connectivity index (χ3v) is 5.41. The second-order valence-corrected chi connectivity index (χ2v) is 7.05. The van der Waals surface area contributed by atoms with Crippen LogP contribution < -0.4 is 5.32 Å². The summed E-state index contributed by atoms with van der Waals surface area (Å²) in [6.45, 7) is 6.98. The molecule has 21 heavy (non-hydrogen) atoms. The standard InChI is InChI=1S/C18H36N2O/c1-3-12-19-17-8-6-4-5-7-9-18(17)20-13-10-16(11-14-20)15-21-2/h16-19H,3-15H2,1-2H3. The lowest BCUT2D eigenvalue weighted by molar-refractivity contribution is 0.0603. The van der Waals surface area contributed by atoms with Gasteiger partial charge < -0.3 is 10.1 Å². The van der Waals surface area contributed by atoms with Gasteiger partial charge in [-0.15, -0.1) is 0 Å². The minimum absolute atomic E-state index is 0.726. The van der Waals surface area contributed by atoms with Crippen molar-refractivity contribution >= 4 is 0 Å². The molecule has 2 fully saturated rings. The first-order chi connectivity index (χ1) is 10.3. The van der Waals surface area contributed by atoms with Gasteiger partial charge in [-0.05, 0) is 57.7 Å². The number of hydrogen-bond acceptors (Lipinski definition) is 3. The molecule has 2 unspecified atom stereocenters. The molecule has 2 rings (SSSR count). The van der Waals surface area contributed by atoms with Crippen molar-refractivity contribution in [1.29, 1.82) is 0 Å². The van der Waals surface area contributed by atoms with E-state index in [1.54, 1.807) is 0 Å². The maximum Gasteiger partial charge on any atom is 0.0491 e. The highest BCUT2D eigenvalue weighted by Gasteiger charge is 2.30. The van der Waals surface area contributed by atoms with E-state index in [0.29, 0.717) is 0 Å². The van der Waals surface area contributed by atoms with Crippen molar-refractivity contribution in [3.05, 3.63) is 0 Å². The van der Waals surface area contributed by atoms with Crippen molar-refractivity contribution in [2.45, 2.75) is 76.8 Å². The van der Waals surface area contributed by atoms with Gasteiger partial charge in [0, 0.05) is 25.8 Å². The molecular formula is C18H36N2O. The summed E-state index contributed by atoms with van der Waals surface area (Å²) < 4.78 is 5.34. The summed E-state index contributed by atoms with van der Waals surface area (Å²) in [6.07, 6.45) is 12.4. The summed E-state index contributed by atoms with van der Waals surface area (Å²) in [7, 11) is 1.84. The van der Waals surface area contributed by atoms with Gasteiger partial charge in [-0.2, -0.15) is 0 Å². The third-order valence-electron chi connectivity index (χ3n) is 5.41. The molecule has 1 aliphatic carbocycles. The van der Waals surface area contributed by atoms with Crippen LogP contribution in [0.4, 0.5) is 0 Å². The number of rotatable bonds is 6. The van der Waals surface area contributed by atoms with Crippen LogP contribution in [0.1, 0.15) is 64.7 Å². The maximum absolute atomic E-state index is 5.34. The molecule has 1 aliphatic heterocycles. The van der Waals surface area contributed by atoms with Crippen LogP contribution in [0.15, 0.2) is 0 Å². The number of piperidine rings is 1. The first kappa shape index (κ1) is 17.2. The number of ether oxygens (including phenoxy) is 1. The molecule has 124 valence electrons. The summed E-state index contributed by atoms with van der Waals surface area (Å²) in [6, 6.07) is 1.50. The highest BCUT2D eigenvalue weighted by Crippen LogP contribution is 2.26. The summed E-state index contributed by atoms with van der Waals surface area (Å²) in [5.74, 6) is 0.793. The average Bonchev–Trinajstić information content (AvgIpc) is 2.48. The molecule has 0 aromatic heterocycles. The molecule has 0 aromatic rings. The van der Waals surface area contributed by atoms with Crippen molar-refractivity contribution in [2.75, 3.05) is 33.4 Å². The summed E-state index contributed by atoms with van der Waals surface area (Å²) >= 11 is 0. The topological polar surface area (TPSA) is 24.5 Å². The molecule has 0 amide bonds. The van der Waals surface area contributed by atoms with E-state index in [2.05, 4.69) is 17.1 Å². The Morgan fingerprint density at radius 3 is 2.38 bits per heavy atom. The fraction of sp³-hybridized carbons (Fsp3) is 1.00. The third kappa shape index (κ3) is 5.54. The van der Waals surface area contributed by atoms with Crippen molar-refractivity contribution in [1.82, 2.24) is 10.2 Å². The number of nitrogens with zero attached hydrogens (tertiary/aromatic N) is 1. The van der Waals surface area contributed by atoms with Crippen LogP contribution in [0.25, 0.3) is 0 Å². The lowest BCUT2D eigenvalue weighted by Gasteiger charge is -2.42. The van der Waals surface area contributed by atoms with Crippen LogP contribution in [-0.4, -0.2) is 50.3 Å². The molecule has 1 saturated carbocycles. The molecule has 0 spiro atoms. The van der Waals surface area contributed by atoms with Crippen molar-refractivity contribution < 1.29 is 4.74 Å². The van der Waals surface area contributed by atoms with Gasteiger partial charge in [0.15, 0.2) is 0 Å². The van der Waals surface area contributed by atoms with Gasteiger partial charge >= 0.3 is 0 Å². The monoisotopic (exact) mass is 296 g/mol. The van der Waals surface area contributed by atoms with E-state index < -0.39 is 0 Å². The van der Waals surface area contributed by atoms with Gasteiger partial charge in [-0.3, -0.25) is 4.90 Å². The lowest BCUT2D eigenvalue weighted by Crippen LogP contribution is -2.53. The minimum atomic E-state index is 0.726. The number of nitrogens with one attached hydrogen (secondary N) is 1. The van der Waals surface area contributed by atoms with Gasteiger partial charge in [-0.1, -0.05) is 32.6 Å². The molecular weight excluding hydrogens is 260 g/mol. The second-order valence-electron chi connectivity index (χ2n) is 7.05. The highest BCUT2D eigenvalue weighted by atomic mass is 16.5. The zero-order chi connectivity index (χ0) is 14.9. The molecule has 3 heteroatoms. The number of methoxy groups -OCH3 is 1. The Kier molecular flexibility index (Phi) is 8.05. The van der Waals surface area contributed by atoms with E-state index in [4.69, 9.17) is 4.74 Å². The molecule has 1 N–H and O–H groups in total. The van der Waals surface area contributed by atoms with Crippen LogP contribution in [0, 0.1) is 5.92 Å². The second kappa shape index (κ2) is 9.81. The zero-order valence-electron chi connectivity index (χ0n) is 14.3. The molecule has 1 heterocycles. The Bertz CT molecular complexity index is 262. The molecule has 3 nitrogen and oxygen atoms in total. The summed E-state index contributed by atoms with van der Waals surface area (Å²) in [4.78, 5) is 2.80. The fourth-order valence-corrected chi connectivity index (χ4v) is 4.16. The predicted molar refractivity (Wildman–Crippen MR) is 89.7 cm³/mol. The van der Waals surface area contributed by atoms with Crippen LogP contribution in [0.2, 0.25) is 0 Å². The first-order valence-electron chi connectivity index (χ1n) is 9.31. The van der Waals surface area contributed by atoms with Crippen LogP contribution in [0.3, 0.4) is 0 Å². The van der Waals surface area contributed by atoms with Crippen molar-refractivity contribution in [3.63, 3.8) is 0 Å². The SMILES string of the molecule is CCCNC1CCCCCCC1N1CCC(COC)CC1. The molecule has 2 atom stereocenters. The van der Waals surface area contributed by atoms with E-state index >= 15 is 0 Å². The van der Waals surface area contributed by atoms with Gasteiger partial charge in [-0.25, -0.2) is 0 Å². The van der Waals surface area contributed by atoms with E-state index in [9.17, 15) is 0 Å². The van der Waals surface area contributed by atoms with E-state index in [1.807, 2.05) is 7.11 Å². The normalized spacial score (nSPS) is 30.0. The van der Waals surface area contributed by atoms with Crippen molar-refractivity contribution in [3.8, 4) is 0 Å². The van der Waals surface area contributed by atoms with E-state index in [0.717, 1.165) is 24.6 Å². The minimum Gasteiger partial charge on any atom is -0.384 e. The molecule has 2 aliphatic rings. The molecule has 0 aromatic carbocycles. The molecule has 1 saturated heterocycles. The number of hydrogen-bond donors (Lipinski definition) is 1. The summed E-state index contributed by atoms with van der Waals surface area (Å²) in [5, 5.41) is 3.86. The van der Waals surface area contributed by atoms with E-state index in [-0.39, 0.29) is 0 Å². The van der Waals surface area contributed by atoms with E-state index in [1.165, 1.54) is 77.4 Å². The fourth-order valence-electron chi connectivity index (χ4n) is 4.16. The Hall–Kier alpha value is -0.120. The zero-order valence-corrected chi connectivity index (χ0v) is 14.3. The van der Waals surface area contributed by atoms with Gasteiger partial charge in [0.25, 0.3) is 0 Å². The van der Waals surface area contributed by atoms with Crippen LogP contribution >= 0.6 is 0 Å². The van der Waals surface area contributed by atoms with Gasteiger partial charge in [0.05, 0.1) is 0 Å². The van der Waals surface area contributed by atoms with Gasteiger partial charge in [0.1, 0.15) is 0 Å². The number of likely N-dealkylation sites (tertiary alicyclic amines) is 1. The van der Waals surface area contributed by atoms with Crippen molar-refractivity contribution in [2.24, 2.45) is 5.92 Å².